The molecule has 0 saturated carbocycles. The number of hydrogen-bond donors (Lipinski definition) is 1. The van der Waals surface area contributed by atoms with Crippen molar-refractivity contribution in [1.29, 1.82) is 0 Å². The highest BCUT2D eigenvalue weighted by Crippen LogP contribution is 2.33. The predicted molar refractivity (Wildman–Crippen MR) is 75.0 cm³/mol. The van der Waals surface area contributed by atoms with E-state index >= 15 is 0 Å². The van der Waals surface area contributed by atoms with Gasteiger partial charge in [-0.1, -0.05) is 24.3 Å². The molecule has 0 aliphatic heterocycles. The van der Waals surface area contributed by atoms with Gasteiger partial charge in [-0.15, -0.1) is 0 Å². The van der Waals surface area contributed by atoms with E-state index in [1.807, 2.05) is 0 Å². The summed E-state index contributed by atoms with van der Waals surface area (Å²) in [6, 6.07) is 10.6. The molecular weight excluding hydrogens is 278 g/mol. The number of methoxy groups -OCH3 is 2. The number of halogens is 2. The molecule has 0 saturated heterocycles. The third kappa shape index (κ3) is 3.31. The summed E-state index contributed by atoms with van der Waals surface area (Å²) in [6.07, 6.45) is -3.48. The third-order valence-electron chi connectivity index (χ3n) is 3.24. The normalized spacial score (nSPS) is 12.3. The molecular formula is C16H16F2O3. The fraction of sp³-hybridized carbons (Fsp3) is 0.250. The maximum atomic E-state index is 12.5. The lowest BCUT2D eigenvalue weighted by Gasteiger charge is -2.16. The van der Waals surface area contributed by atoms with Crippen molar-refractivity contribution in [3.05, 3.63) is 59.2 Å². The van der Waals surface area contributed by atoms with Gasteiger partial charge in [0, 0.05) is 17.2 Å². The molecule has 0 spiro atoms. The van der Waals surface area contributed by atoms with Crippen LogP contribution in [0.1, 0.15) is 29.2 Å². The van der Waals surface area contributed by atoms with Crippen molar-refractivity contribution in [3.63, 3.8) is 0 Å². The number of aliphatic hydroxyl groups excluding tert-OH is 1. The van der Waals surface area contributed by atoms with Gasteiger partial charge in [-0.05, 0) is 17.7 Å². The Balaban J connectivity index is 2.32. The largest absolute Gasteiger partial charge is 0.497 e. The van der Waals surface area contributed by atoms with Crippen LogP contribution >= 0.6 is 0 Å². The summed E-state index contributed by atoms with van der Waals surface area (Å²) in [5.74, 6) is 1.08. The zero-order valence-electron chi connectivity index (χ0n) is 11.7. The molecule has 21 heavy (non-hydrogen) atoms. The molecule has 0 aliphatic rings. The molecule has 0 amide bonds. The number of rotatable bonds is 5. The van der Waals surface area contributed by atoms with Crippen LogP contribution in [0.15, 0.2) is 42.5 Å². The summed E-state index contributed by atoms with van der Waals surface area (Å²) >= 11 is 0. The highest BCUT2D eigenvalue weighted by Gasteiger charge is 2.17. The summed E-state index contributed by atoms with van der Waals surface area (Å²) in [5.41, 5.74) is 0.985. The van der Waals surface area contributed by atoms with Crippen LogP contribution in [-0.2, 0) is 0 Å². The van der Waals surface area contributed by atoms with E-state index in [2.05, 4.69) is 0 Å². The number of aliphatic hydroxyl groups is 1. The van der Waals surface area contributed by atoms with Crippen molar-refractivity contribution in [2.45, 2.75) is 12.5 Å². The van der Waals surface area contributed by atoms with Crippen LogP contribution in [0.2, 0.25) is 0 Å². The predicted octanol–water partition coefficient (Wildman–Crippen LogP) is 3.72. The zero-order chi connectivity index (χ0) is 15.4. The van der Waals surface area contributed by atoms with E-state index in [0.717, 1.165) is 0 Å². The second kappa shape index (κ2) is 6.54. The second-order valence-corrected chi connectivity index (χ2v) is 4.48. The molecule has 5 heteroatoms. The Morgan fingerprint density at radius 2 is 1.52 bits per heavy atom. The Hall–Kier alpha value is -2.14. The molecule has 3 nitrogen and oxygen atoms in total. The number of alkyl halides is 2. The topological polar surface area (TPSA) is 38.7 Å². The standard InChI is InChI=1S/C16H16F2O3/c1-20-12-7-8-13(14(9-12)21-2)15(19)10-3-5-11(6-4-10)16(17)18/h3-9,15-16,19H,1-2H3. The summed E-state index contributed by atoms with van der Waals surface area (Å²) < 4.78 is 35.4. The first kappa shape index (κ1) is 15.3. The molecule has 1 N–H and O–H groups in total. The zero-order valence-corrected chi connectivity index (χ0v) is 11.7. The monoisotopic (exact) mass is 294 g/mol. The Morgan fingerprint density at radius 3 is 2.05 bits per heavy atom. The molecule has 2 aromatic carbocycles. The summed E-state index contributed by atoms with van der Waals surface area (Å²) in [6.45, 7) is 0. The van der Waals surface area contributed by atoms with Gasteiger partial charge < -0.3 is 14.6 Å². The van der Waals surface area contributed by atoms with Gasteiger partial charge in [-0.25, -0.2) is 8.78 Å². The number of hydrogen-bond acceptors (Lipinski definition) is 3. The number of ether oxygens (including phenoxy) is 2. The average molecular weight is 294 g/mol. The van der Waals surface area contributed by atoms with E-state index in [1.54, 1.807) is 18.2 Å². The minimum absolute atomic E-state index is 0.0763. The van der Waals surface area contributed by atoms with Gasteiger partial charge in [-0.3, -0.25) is 0 Å². The average Bonchev–Trinajstić information content (AvgIpc) is 2.53. The van der Waals surface area contributed by atoms with E-state index in [-0.39, 0.29) is 5.56 Å². The summed E-state index contributed by atoms with van der Waals surface area (Å²) in [4.78, 5) is 0. The van der Waals surface area contributed by atoms with Crippen LogP contribution in [0, 0.1) is 0 Å². The molecule has 112 valence electrons. The summed E-state index contributed by atoms with van der Waals surface area (Å²) in [7, 11) is 3.03. The molecule has 1 atom stereocenters. The van der Waals surface area contributed by atoms with Crippen molar-refractivity contribution in [2.75, 3.05) is 14.2 Å². The highest BCUT2D eigenvalue weighted by atomic mass is 19.3. The van der Waals surface area contributed by atoms with Gasteiger partial charge in [-0.2, -0.15) is 0 Å². The van der Waals surface area contributed by atoms with Gasteiger partial charge in [0.15, 0.2) is 0 Å². The van der Waals surface area contributed by atoms with E-state index in [4.69, 9.17) is 9.47 Å². The first-order valence-corrected chi connectivity index (χ1v) is 6.34. The number of benzene rings is 2. The van der Waals surface area contributed by atoms with Gasteiger partial charge in [0.1, 0.15) is 17.6 Å². The SMILES string of the molecule is COc1ccc(C(O)c2ccc(C(F)F)cc2)c(OC)c1. The quantitative estimate of drug-likeness (QED) is 0.913. The van der Waals surface area contributed by atoms with Crippen molar-refractivity contribution < 1.29 is 23.4 Å². The van der Waals surface area contributed by atoms with Gasteiger partial charge in [0.2, 0.25) is 0 Å². The second-order valence-electron chi connectivity index (χ2n) is 4.48. The lowest BCUT2D eigenvalue weighted by atomic mass is 9.99. The first-order chi connectivity index (χ1) is 10.1. The fourth-order valence-corrected chi connectivity index (χ4v) is 2.05. The molecule has 0 aliphatic carbocycles. The van der Waals surface area contributed by atoms with E-state index < -0.39 is 12.5 Å². The van der Waals surface area contributed by atoms with Crippen LogP contribution in [-0.4, -0.2) is 19.3 Å². The molecule has 0 heterocycles. The Labute approximate surface area is 121 Å². The molecule has 0 fully saturated rings. The lowest BCUT2D eigenvalue weighted by molar-refractivity contribution is 0.151. The Morgan fingerprint density at radius 1 is 0.905 bits per heavy atom. The highest BCUT2D eigenvalue weighted by molar-refractivity contribution is 5.45. The van der Waals surface area contributed by atoms with Crippen LogP contribution in [0.4, 0.5) is 8.78 Å². The van der Waals surface area contributed by atoms with Crippen molar-refractivity contribution in [1.82, 2.24) is 0 Å². The Kier molecular flexibility index (Phi) is 4.75. The van der Waals surface area contributed by atoms with Crippen LogP contribution < -0.4 is 9.47 Å². The molecule has 0 aromatic heterocycles. The summed E-state index contributed by atoms with van der Waals surface area (Å²) in [5, 5.41) is 10.4. The third-order valence-corrected chi connectivity index (χ3v) is 3.24. The van der Waals surface area contributed by atoms with Gasteiger partial charge in [0.05, 0.1) is 14.2 Å². The minimum Gasteiger partial charge on any atom is -0.497 e. The van der Waals surface area contributed by atoms with Crippen molar-refractivity contribution in [3.8, 4) is 11.5 Å². The molecule has 1 unspecified atom stereocenters. The van der Waals surface area contributed by atoms with E-state index in [1.165, 1.54) is 38.5 Å². The molecule has 0 radical (unpaired) electrons. The maximum Gasteiger partial charge on any atom is 0.263 e. The first-order valence-electron chi connectivity index (χ1n) is 6.34. The van der Waals surface area contributed by atoms with Gasteiger partial charge >= 0.3 is 0 Å². The minimum atomic E-state index is -2.52. The van der Waals surface area contributed by atoms with Crippen LogP contribution in [0.3, 0.4) is 0 Å². The molecule has 0 bridgehead atoms. The fourth-order valence-electron chi connectivity index (χ4n) is 2.05. The van der Waals surface area contributed by atoms with Gasteiger partial charge in [0.25, 0.3) is 6.43 Å². The van der Waals surface area contributed by atoms with E-state index in [9.17, 15) is 13.9 Å². The molecule has 2 aromatic rings. The van der Waals surface area contributed by atoms with Crippen molar-refractivity contribution >= 4 is 0 Å². The van der Waals surface area contributed by atoms with Crippen LogP contribution in [0.5, 0.6) is 11.5 Å². The maximum absolute atomic E-state index is 12.5. The Bertz CT molecular complexity index is 597. The van der Waals surface area contributed by atoms with Crippen LogP contribution in [0.25, 0.3) is 0 Å². The molecule has 2 rings (SSSR count). The van der Waals surface area contributed by atoms with E-state index in [0.29, 0.717) is 22.6 Å². The smallest absolute Gasteiger partial charge is 0.263 e. The van der Waals surface area contributed by atoms with Crippen molar-refractivity contribution in [2.24, 2.45) is 0 Å². The lowest BCUT2D eigenvalue weighted by Crippen LogP contribution is -2.03.